The number of nitrogen functional groups attached to an aromatic ring is 1. The molecule has 0 amide bonds. The lowest BCUT2D eigenvalue weighted by molar-refractivity contribution is 0.286. The molecule has 0 aliphatic carbocycles. The predicted molar refractivity (Wildman–Crippen MR) is 86.2 cm³/mol. The highest BCUT2D eigenvalue weighted by atomic mass is 16.5. The number of rotatable bonds is 8. The Kier molecular flexibility index (Phi) is 6.03. The maximum atomic E-state index is 6.06. The Morgan fingerprint density at radius 1 is 1.24 bits per heavy atom. The quantitative estimate of drug-likeness (QED) is 0.782. The van der Waals surface area contributed by atoms with Crippen molar-refractivity contribution in [1.82, 2.24) is 10.3 Å². The molecule has 112 valence electrons. The van der Waals surface area contributed by atoms with Gasteiger partial charge in [-0.15, -0.1) is 0 Å². The lowest BCUT2D eigenvalue weighted by atomic mass is 10.0. The van der Waals surface area contributed by atoms with E-state index in [1.165, 1.54) is 0 Å². The van der Waals surface area contributed by atoms with E-state index in [9.17, 15) is 0 Å². The molecule has 0 spiro atoms. The van der Waals surface area contributed by atoms with Gasteiger partial charge in [-0.05, 0) is 31.2 Å². The molecule has 21 heavy (non-hydrogen) atoms. The Labute approximate surface area is 126 Å². The molecule has 0 bridgehead atoms. The van der Waals surface area contributed by atoms with Crippen LogP contribution in [0.2, 0.25) is 0 Å². The Morgan fingerprint density at radius 2 is 2.05 bits per heavy atom. The van der Waals surface area contributed by atoms with E-state index >= 15 is 0 Å². The highest BCUT2D eigenvalue weighted by molar-refractivity contribution is 5.46. The van der Waals surface area contributed by atoms with Crippen LogP contribution < -0.4 is 15.8 Å². The van der Waals surface area contributed by atoms with Crippen molar-refractivity contribution in [3.05, 3.63) is 54.4 Å². The molecule has 2 aromatic rings. The number of benzene rings is 1. The van der Waals surface area contributed by atoms with E-state index in [0.29, 0.717) is 6.61 Å². The van der Waals surface area contributed by atoms with Crippen molar-refractivity contribution in [1.29, 1.82) is 0 Å². The zero-order valence-electron chi connectivity index (χ0n) is 12.5. The summed E-state index contributed by atoms with van der Waals surface area (Å²) in [6.45, 7) is 3.74. The third-order valence-electron chi connectivity index (χ3n) is 3.32. The molecule has 0 saturated carbocycles. The van der Waals surface area contributed by atoms with Crippen molar-refractivity contribution in [2.45, 2.75) is 25.8 Å². The van der Waals surface area contributed by atoms with E-state index < -0.39 is 0 Å². The Morgan fingerprint density at radius 3 is 2.76 bits per heavy atom. The number of pyridine rings is 1. The third kappa shape index (κ3) is 4.76. The number of aromatic nitrogens is 1. The first kappa shape index (κ1) is 15.3. The van der Waals surface area contributed by atoms with Crippen molar-refractivity contribution in [2.75, 3.05) is 18.9 Å². The van der Waals surface area contributed by atoms with Crippen LogP contribution in [0, 0.1) is 0 Å². The second kappa shape index (κ2) is 8.27. The van der Waals surface area contributed by atoms with Crippen molar-refractivity contribution in [3.8, 4) is 5.75 Å². The van der Waals surface area contributed by atoms with Gasteiger partial charge >= 0.3 is 0 Å². The normalized spacial score (nSPS) is 12.0. The largest absolute Gasteiger partial charge is 0.494 e. The van der Waals surface area contributed by atoms with Crippen LogP contribution in [0.15, 0.2) is 48.8 Å². The molecule has 4 heteroatoms. The van der Waals surface area contributed by atoms with Crippen LogP contribution in [0.1, 0.15) is 31.4 Å². The van der Waals surface area contributed by atoms with Crippen molar-refractivity contribution in [3.63, 3.8) is 0 Å². The number of hydrogen-bond acceptors (Lipinski definition) is 4. The van der Waals surface area contributed by atoms with Crippen LogP contribution >= 0.6 is 0 Å². The number of hydrogen-bond donors (Lipinski definition) is 2. The van der Waals surface area contributed by atoms with Crippen LogP contribution in [0.25, 0.3) is 0 Å². The fourth-order valence-electron chi connectivity index (χ4n) is 2.21. The first-order chi connectivity index (χ1) is 10.3. The topological polar surface area (TPSA) is 60.2 Å². The molecule has 2 rings (SSSR count). The van der Waals surface area contributed by atoms with E-state index in [1.807, 2.05) is 42.6 Å². The molecule has 1 heterocycles. The van der Waals surface area contributed by atoms with Gasteiger partial charge in [-0.1, -0.05) is 25.1 Å². The van der Waals surface area contributed by atoms with Gasteiger partial charge in [0.25, 0.3) is 0 Å². The van der Waals surface area contributed by atoms with Gasteiger partial charge < -0.3 is 15.8 Å². The maximum Gasteiger partial charge on any atom is 0.119 e. The molecule has 3 N–H and O–H groups in total. The van der Waals surface area contributed by atoms with E-state index in [0.717, 1.165) is 36.4 Å². The predicted octanol–water partition coefficient (Wildman–Crippen LogP) is 3.17. The molecule has 1 aromatic carbocycles. The first-order valence-electron chi connectivity index (χ1n) is 7.42. The standard InChI is InChI=1S/C17H23N3O/c1-2-10-20-17(15-13-19-11-8-16(15)18)9-12-21-14-6-4-3-5-7-14/h3-8,11,13,17,20H,2,9-10,12H2,1H3,(H2,18,19). The number of nitrogens with two attached hydrogens (primary N) is 1. The van der Waals surface area contributed by atoms with Gasteiger partial charge in [-0.25, -0.2) is 0 Å². The maximum absolute atomic E-state index is 6.06. The second-order valence-electron chi connectivity index (χ2n) is 4.96. The fraction of sp³-hybridized carbons (Fsp3) is 0.353. The van der Waals surface area contributed by atoms with Crippen LogP contribution in [0.5, 0.6) is 5.75 Å². The van der Waals surface area contributed by atoms with Gasteiger partial charge in [0, 0.05) is 36.1 Å². The zero-order chi connectivity index (χ0) is 14.9. The average Bonchev–Trinajstić information content (AvgIpc) is 2.52. The van der Waals surface area contributed by atoms with Gasteiger partial charge in [0.15, 0.2) is 0 Å². The minimum Gasteiger partial charge on any atom is -0.494 e. The van der Waals surface area contributed by atoms with Crippen LogP contribution in [-0.2, 0) is 0 Å². The van der Waals surface area contributed by atoms with Crippen molar-refractivity contribution in [2.24, 2.45) is 0 Å². The molecule has 0 saturated heterocycles. The highest BCUT2D eigenvalue weighted by Gasteiger charge is 2.13. The van der Waals surface area contributed by atoms with E-state index in [4.69, 9.17) is 10.5 Å². The van der Waals surface area contributed by atoms with Gasteiger partial charge in [0.1, 0.15) is 5.75 Å². The van der Waals surface area contributed by atoms with Gasteiger partial charge in [0.2, 0.25) is 0 Å². The molecule has 1 atom stereocenters. The van der Waals surface area contributed by atoms with E-state index in [2.05, 4.69) is 17.2 Å². The van der Waals surface area contributed by atoms with Gasteiger partial charge in [0.05, 0.1) is 6.61 Å². The van der Waals surface area contributed by atoms with Gasteiger partial charge in [-0.3, -0.25) is 4.98 Å². The molecule has 0 radical (unpaired) electrons. The lowest BCUT2D eigenvalue weighted by Gasteiger charge is -2.20. The van der Waals surface area contributed by atoms with Crippen LogP contribution in [0.4, 0.5) is 5.69 Å². The second-order valence-corrected chi connectivity index (χ2v) is 4.96. The molecule has 4 nitrogen and oxygen atoms in total. The third-order valence-corrected chi connectivity index (χ3v) is 3.32. The summed E-state index contributed by atoms with van der Waals surface area (Å²) in [7, 11) is 0. The molecule has 0 fully saturated rings. The van der Waals surface area contributed by atoms with Crippen molar-refractivity contribution >= 4 is 5.69 Å². The monoisotopic (exact) mass is 285 g/mol. The summed E-state index contributed by atoms with van der Waals surface area (Å²) in [6, 6.07) is 11.9. The minimum absolute atomic E-state index is 0.169. The highest BCUT2D eigenvalue weighted by Crippen LogP contribution is 2.22. The number of nitrogens with one attached hydrogen (secondary N) is 1. The smallest absolute Gasteiger partial charge is 0.119 e. The fourth-order valence-corrected chi connectivity index (χ4v) is 2.21. The van der Waals surface area contributed by atoms with Gasteiger partial charge in [-0.2, -0.15) is 0 Å². The summed E-state index contributed by atoms with van der Waals surface area (Å²) >= 11 is 0. The number of ether oxygens (including phenoxy) is 1. The lowest BCUT2D eigenvalue weighted by Crippen LogP contribution is -2.25. The summed E-state index contributed by atoms with van der Waals surface area (Å²) in [5, 5.41) is 3.51. The Bertz CT molecular complexity index is 531. The average molecular weight is 285 g/mol. The van der Waals surface area contributed by atoms with Crippen LogP contribution in [0.3, 0.4) is 0 Å². The summed E-state index contributed by atoms with van der Waals surface area (Å²) in [5.41, 5.74) is 7.88. The first-order valence-corrected chi connectivity index (χ1v) is 7.42. The summed E-state index contributed by atoms with van der Waals surface area (Å²) in [4.78, 5) is 4.18. The molecule has 1 unspecified atom stereocenters. The summed E-state index contributed by atoms with van der Waals surface area (Å²) in [6.07, 6.45) is 5.49. The molecular formula is C17H23N3O. The molecule has 0 aliphatic heterocycles. The Balaban J connectivity index is 1.95. The van der Waals surface area contributed by atoms with Crippen molar-refractivity contribution < 1.29 is 4.74 Å². The molecule has 0 aliphatic rings. The van der Waals surface area contributed by atoms with Crippen LogP contribution in [-0.4, -0.2) is 18.1 Å². The summed E-state index contributed by atoms with van der Waals surface area (Å²) < 4.78 is 5.78. The zero-order valence-corrected chi connectivity index (χ0v) is 12.5. The Hall–Kier alpha value is -2.07. The van der Waals surface area contributed by atoms with E-state index in [1.54, 1.807) is 6.20 Å². The molecule has 1 aromatic heterocycles. The number of para-hydroxylation sites is 1. The number of nitrogens with zero attached hydrogens (tertiary/aromatic N) is 1. The SMILES string of the molecule is CCCNC(CCOc1ccccc1)c1cnccc1N. The minimum atomic E-state index is 0.169. The van der Waals surface area contributed by atoms with E-state index in [-0.39, 0.29) is 6.04 Å². The molecular weight excluding hydrogens is 262 g/mol. The number of anilines is 1. The summed E-state index contributed by atoms with van der Waals surface area (Å²) in [5.74, 6) is 0.894.